The van der Waals surface area contributed by atoms with Gasteiger partial charge in [-0.25, -0.2) is 4.99 Å². The molecule has 0 saturated heterocycles. The lowest BCUT2D eigenvalue weighted by atomic mass is 9.67. The van der Waals surface area contributed by atoms with E-state index in [9.17, 15) is 0 Å². The SMILES string of the molecule is CO[B-]1(OC)OC(Nc2ccccc2)=Nc2ccccc21. The molecular formula is C15H16BN2O3-. The number of nitrogens with zero attached hydrogens (tertiary/aromatic N) is 1. The van der Waals surface area contributed by atoms with Crippen LogP contribution in [0.4, 0.5) is 11.4 Å². The second-order valence-electron chi connectivity index (χ2n) is 4.70. The maximum atomic E-state index is 5.86. The Hall–Kier alpha value is -2.31. The van der Waals surface area contributed by atoms with Gasteiger partial charge in [0.2, 0.25) is 6.02 Å². The minimum atomic E-state index is -2.05. The lowest BCUT2D eigenvalue weighted by molar-refractivity contribution is 0.172. The number of hydrogen-bond acceptors (Lipinski definition) is 5. The van der Waals surface area contributed by atoms with Crippen LogP contribution in [0.25, 0.3) is 0 Å². The van der Waals surface area contributed by atoms with Crippen molar-refractivity contribution >= 4 is 29.6 Å². The molecule has 0 spiro atoms. The first-order valence-corrected chi connectivity index (χ1v) is 6.70. The van der Waals surface area contributed by atoms with Crippen LogP contribution in [0.1, 0.15) is 0 Å². The molecule has 21 heavy (non-hydrogen) atoms. The molecule has 2 aromatic carbocycles. The van der Waals surface area contributed by atoms with Crippen molar-refractivity contribution in [1.82, 2.24) is 0 Å². The minimum absolute atomic E-state index is 0.351. The van der Waals surface area contributed by atoms with Gasteiger partial charge >= 0.3 is 6.75 Å². The minimum Gasteiger partial charge on any atom is -0.639 e. The van der Waals surface area contributed by atoms with Gasteiger partial charge in [0.05, 0.1) is 0 Å². The van der Waals surface area contributed by atoms with Gasteiger partial charge in [-0.15, -0.1) is 0 Å². The molecule has 1 heterocycles. The average Bonchev–Trinajstić information content (AvgIpc) is 2.55. The molecule has 1 aliphatic heterocycles. The Kier molecular flexibility index (Phi) is 3.64. The van der Waals surface area contributed by atoms with E-state index in [0.29, 0.717) is 6.02 Å². The highest BCUT2D eigenvalue weighted by Crippen LogP contribution is 2.23. The first-order valence-electron chi connectivity index (χ1n) is 6.70. The maximum absolute atomic E-state index is 5.86. The average molecular weight is 283 g/mol. The van der Waals surface area contributed by atoms with Crippen molar-refractivity contribution < 1.29 is 14.0 Å². The standard InChI is InChI=1S/C15H16BN2O3/c1-19-16(20-2)13-10-6-7-11-14(13)18-15(21-16)17-12-8-4-3-5-9-12/h3-11H,1-2H3,(H,17,18)/q-1. The summed E-state index contributed by atoms with van der Waals surface area (Å²) in [4.78, 5) is 4.47. The van der Waals surface area contributed by atoms with Gasteiger partial charge in [-0.05, 0) is 32.4 Å². The molecule has 5 nitrogen and oxygen atoms in total. The monoisotopic (exact) mass is 283 g/mol. The Morgan fingerprint density at radius 2 is 1.62 bits per heavy atom. The lowest BCUT2D eigenvalue weighted by Gasteiger charge is -2.43. The van der Waals surface area contributed by atoms with E-state index in [1.165, 1.54) is 0 Å². The maximum Gasteiger partial charge on any atom is 0.469 e. The predicted octanol–water partition coefficient (Wildman–Crippen LogP) is 2.26. The third kappa shape index (κ3) is 2.51. The molecule has 0 aliphatic carbocycles. The molecule has 0 aromatic heterocycles. The number of hydrogen-bond donors (Lipinski definition) is 1. The van der Waals surface area contributed by atoms with Gasteiger partial charge in [0, 0.05) is 11.4 Å². The van der Waals surface area contributed by atoms with Crippen molar-refractivity contribution in [3.8, 4) is 0 Å². The molecule has 1 aliphatic rings. The van der Waals surface area contributed by atoms with E-state index in [0.717, 1.165) is 16.8 Å². The summed E-state index contributed by atoms with van der Waals surface area (Å²) >= 11 is 0. The van der Waals surface area contributed by atoms with Crippen molar-refractivity contribution in [3.05, 3.63) is 54.6 Å². The largest absolute Gasteiger partial charge is 0.639 e. The number of rotatable bonds is 3. The van der Waals surface area contributed by atoms with E-state index >= 15 is 0 Å². The number of aliphatic imine (C=N–C) groups is 1. The van der Waals surface area contributed by atoms with E-state index < -0.39 is 6.75 Å². The van der Waals surface area contributed by atoms with Crippen LogP contribution in [0, 0.1) is 0 Å². The van der Waals surface area contributed by atoms with Crippen LogP contribution in [-0.2, 0) is 14.0 Å². The molecule has 0 atom stereocenters. The molecule has 1 N–H and O–H groups in total. The third-order valence-corrected chi connectivity index (χ3v) is 3.45. The van der Waals surface area contributed by atoms with Gasteiger partial charge in [0.1, 0.15) is 0 Å². The molecule has 0 saturated carbocycles. The Balaban J connectivity index is 1.99. The zero-order valence-corrected chi connectivity index (χ0v) is 11.9. The molecule has 2 aromatic rings. The van der Waals surface area contributed by atoms with Gasteiger partial charge in [-0.2, -0.15) is 0 Å². The topological polar surface area (TPSA) is 52.1 Å². The smallest absolute Gasteiger partial charge is 0.469 e. The summed E-state index contributed by atoms with van der Waals surface area (Å²) in [7, 11) is 3.12. The first-order chi connectivity index (χ1) is 10.3. The highest BCUT2D eigenvalue weighted by Gasteiger charge is 2.37. The van der Waals surface area contributed by atoms with Crippen LogP contribution in [0.2, 0.25) is 0 Å². The lowest BCUT2D eigenvalue weighted by Crippen LogP contribution is -2.59. The van der Waals surface area contributed by atoms with E-state index in [2.05, 4.69) is 10.3 Å². The number of fused-ring (bicyclic) bond motifs is 1. The summed E-state index contributed by atoms with van der Waals surface area (Å²) in [5, 5.41) is 3.13. The molecule has 108 valence electrons. The van der Waals surface area contributed by atoms with Gasteiger partial charge < -0.3 is 19.3 Å². The molecule has 6 heteroatoms. The van der Waals surface area contributed by atoms with E-state index in [-0.39, 0.29) is 0 Å². The van der Waals surface area contributed by atoms with Crippen molar-refractivity contribution in [1.29, 1.82) is 0 Å². The van der Waals surface area contributed by atoms with Crippen LogP contribution in [0.15, 0.2) is 59.6 Å². The van der Waals surface area contributed by atoms with Gasteiger partial charge in [-0.3, -0.25) is 0 Å². The highest BCUT2D eigenvalue weighted by molar-refractivity contribution is 6.78. The zero-order chi connectivity index (χ0) is 14.7. The number of amidine groups is 1. The third-order valence-electron chi connectivity index (χ3n) is 3.45. The van der Waals surface area contributed by atoms with E-state index in [4.69, 9.17) is 14.0 Å². The molecule has 0 amide bonds. The second-order valence-corrected chi connectivity index (χ2v) is 4.70. The Morgan fingerprint density at radius 3 is 2.33 bits per heavy atom. The summed E-state index contributed by atoms with van der Waals surface area (Å²) in [5.74, 6) is 0. The highest BCUT2D eigenvalue weighted by atomic mass is 16.8. The van der Waals surface area contributed by atoms with Gasteiger partial charge in [0.25, 0.3) is 0 Å². The van der Waals surface area contributed by atoms with Gasteiger partial charge in [0.15, 0.2) is 0 Å². The zero-order valence-electron chi connectivity index (χ0n) is 11.9. The first kappa shape index (κ1) is 13.7. The van der Waals surface area contributed by atoms with Crippen LogP contribution < -0.4 is 10.8 Å². The van der Waals surface area contributed by atoms with Crippen LogP contribution in [0.5, 0.6) is 0 Å². The van der Waals surface area contributed by atoms with Crippen molar-refractivity contribution in [2.45, 2.75) is 0 Å². The quantitative estimate of drug-likeness (QED) is 0.878. The Morgan fingerprint density at radius 1 is 0.952 bits per heavy atom. The predicted molar refractivity (Wildman–Crippen MR) is 84.1 cm³/mol. The van der Waals surface area contributed by atoms with Crippen LogP contribution in [0.3, 0.4) is 0 Å². The number of para-hydroxylation sites is 2. The number of benzene rings is 2. The Labute approximate surface area is 123 Å². The summed E-state index contributed by atoms with van der Waals surface area (Å²) in [6.45, 7) is -2.05. The summed E-state index contributed by atoms with van der Waals surface area (Å²) < 4.78 is 16.9. The van der Waals surface area contributed by atoms with Crippen molar-refractivity contribution in [2.24, 2.45) is 4.99 Å². The normalized spacial score (nSPS) is 15.6. The molecule has 0 radical (unpaired) electrons. The summed E-state index contributed by atoms with van der Waals surface area (Å²) in [6, 6.07) is 17.6. The second kappa shape index (κ2) is 5.59. The molecular weight excluding hydrogens is 267 g/mol. The van der Waals surface area contributed by atoms with Crippen molar-refractivity contribution in [2.75, 3.05) is 19.5 Å². The fourth-order valence-electron chi connectivity index (χ4n) is 2.38. The fraction of sp³-hybridized carbons (Fsp3) is 0.133. The molecule has 3 rings (SSSR count). The summed E-state index contributed by atoms with van der Waals surface area (Å²) in [6.07, 6.45) is 0. The van der Waals surface area contributed by atoms with E-state index in [1.54, 1.807) is 14.2 Å². The summed E-state index contributed by atoms with van der Waals surface area (Å²) in [5.41, 5.74) is 2.44. The molecule has 0 fully saturated rings. The molecule has 0 unspecified atom stereocenters. The van der Waals surface area contributed by atoms with Crippen molar-refractivity contribution in [3.63, 3.8) is 0 Å². The van der Waals surface area contributed by atoms with Gasteiger partial charge in [-0.1, -0.05) is 41.9 Å². The van der Waals surface area contributed by atoms with E-state index in [1.807, 2.05) is 54.6 Å². The van der Waals surface area contributed by atoms with Crippen LogP contribution in [-0.4, -0.2) is 27.0 Å². The fourth-order valence-corrected chi connectivity index (χ4v) is 2.38. The number of nitrogens with one attached hydrogen (secondary N) is 1. The molecule has 0 bridgehead atoms. The number of anilines is 1. The Bertz CT molecular complexity index is 657. The van der Waals surface area contributed by atoms with Crippen LogP contribution >= 0.6 is 0 Å².